The third-order valence-electron chi connectivity index (χ3n) is 6.19. The lowest BCUT2D eigenvalue weighted by Crippen LogP contribution is -2.47. The Hall–Kier alpha value is -4.10. The Morgan fingerprint density at radius 3 is 2.31 bits per heavy atom. The molecule has 0 fully saturated rings. The van der Waals surface area contributed by atoms with Gasteiger partial charge in [-0.3, -0.25) is 9.59 Å². The van der Waals surface area contributed by atoms with Crippen molar-refractivity contribution >= 4 is 40.8 Å². The summed E-state index contributed by atoms with van der Waals surface area (Å²) in [7, 11) is 0. The number of hydrogen-bond acceptors (Lipinski definition) is 4. The van der Waals surface area contributed by atoms with Gasteiger partial charge in [-0.25, -0.2) is 4.79 Å². The van der Waals surface area contributed by atoms with Gasteiger partial charge in [0, 0.05) is 33.6 Å². The maximum absolute atomic E-state index is 13.8. The van der Waals surface area contributed by atoms with Crippen LogP contribution in [0.25, 0.3) is 22.0 Å². The van der Waals surface area contributed by atoms with Gasteiger partial charge in [0.15, 0.2) is 0 Å². The molecule has 39 heavy (non-hydrogen) atoms. The van der Waals surface area contributed by atoms with Gasteiger partial charge in [0.05, 0.1) is 6.61 Å². The highest BCUT2D eigenvalue weighted by molar-refractivity contribution is 6.31. The Morgan fingerprint density at radius 2 is 1.69 bits per heavy atom. The largest absolute Gasteiger partial charge is 0.461 e. The number of esters is 1. The van der Waals surface area contributed by atoms with Crippen LogP contribution in [0.2, 0.25) is 5.02 Å². The molecule has 1 heterocycles. The van der Waals surface area contributed by atoms with E-state index in [1.54, 1.807) is 25.1 Å². The number of amides is 2. The summed E-state index contributed by atoms with van der Waals surface area (Å²) in [6, 6.07) is 21.8. The summed E-state index contributed by atoms with van der Waals surface area (Å²) in [5.74, 6) is -1.04. The molecule has 4 aromatic rings. The van der Waals surface area contributed by atoms with Crippen molar-refractivity contribution in [2.45, 2.75) is 45.8 Å². The first kappa shape index (κ1) is 27.9. The summed E-state index contributed by atoms with van der Waals surface area (Å²) in [6.45, 7) is 7.57. The average molecular weight is 546 g/mol. The van der Waals surface area contributed by atoms with Crippen LogP contribution in [0.1, 0.15) is 55.4 Å². The monoisotopic (exact) mass is 545 g/mol. The minimum Gasteiger partial charge on any atom is -0.461 e. The highest BCUT2D eigenvalue weighted by Gasteiger charge is 2.36. The molecule has 0 aliphatic carbocycles. The summed E-state index contributed by atoms with van der Waals surface area (Å²) in [5.41, 5.74) is 3.39. The number of H-pyrrole nitrogens is 1. The first-order valence-corrected chi connectivity index (χ1v) is 13.1. The van der Waals surface area contributed by atoms with Crippen LogP contribution in [0, 0.1) is 0 Å². The van der Waals surface area contributed by atoms with E-state index < -0.39 is 23.5 Å². The molecule has 0 bridgehead atoms. The van der Waals surface area contributed by atoms with Gasteiger partial charge in [-0.2, -0.15) is 0 Å². The van der Waals surface area contributed by atoms with Gasteiger partial charge in [0.2, 0.25) is 12.3 Å². The molecule has 1 unspecified atom stereocenters. The van der Waals surface area contributed by atoms with Crippen molar-refractivity contribution in [2.24, 2.45) is 0 Å². The number of hydrogen-bond donors (Lipinski definition) is 2. The molecule has 3 aromatic carbocycles. The molecule has 0 aliphatic heterocycles. The van der Waals surface area contributed by atoms with Gasteiger partial charge in [0.25, 0.3) is 0 Å². The van der Waals surface area contributed by atoms with Crippen LogP contribution in [0.4, 0.5) is 0 Å². The number of carbonyl (C=O) groups excluding carboxylic acids is 3. The topological polar surface area (TPSA) is 91.5 Å². The van der Waals surface area contributed by atoms with Gasteiger partial charge in [-0.15, -0.1) is 0 Å². The molecule has 0 radical (unpaired) electrons. The van der Waals surface area contributed by atoms with Crippen molar-refractivity contribution in [1.82, 2.24) is 15.2 Å². The number of aromatic nitrogens is 1. The first-order valence-electron chi connectivity index (χ1n) is 12.8. The van der Waals surface area contributed by atoms with E-state index in [9.17, 15) is 14.4 Å². The van der Waals surface area contributed by atoms with Crippen molar-refractivity contribution in [3.8, 4) is 11.1 Å². The third-order valence-corrected chi connectivity index (χ3v) is 6.43. The number of benzene rings is 3. The van der Waals surface area contributed by atoms with Crippen LogP contribution in [-0.4, -0.2) is 40.3 Å². The normalized spacial score (nSPS) is 12.1. The summed E-state index contributed by atoms with van der Waals surface area (Å²) < 4.78 is 5.30. The van der Waals surface area contributed by atoms with Gasteiger partial charge in [0.1, 0.15) is 11.7 Å². The number of nitrogens with zero attached hydrogens (tertiary/aromatic N) is 1. The van der Waals surface area contributed by atoms with Crippen LogP contribution in [0.5, 0.6) is 0 Å². The van der Waals surface area contributed by atoms with Gasteiger partial charge < -0.3 is 19.9 Å². The molecule has 7 nitrogen and oxygen atoms in total. The second-order valence-electron chi connectivity index (χ2n) is 10.3. The number of halogens is 1. The summed E-state index contributed by atoms with van der Waals surface area (Å²) in [6.07, 6.45) is 0.641. The van der Waals surface area contributed by atoms with E-state index >= 15 is 0 Å². The van der Waals surface area contributed by atoms with Crippen molar-refractivity contribution < 1.29 is 19.1 Å². The van der Waals surface area contributed by atoms with E-state index in [1.165, 1.54) is 4.90 Å². The fourth-order valence-electron chi connectivity index (χ4n) is 4.56. The quantitative estimate of drug-likeness (QED) is 0.191. The zero-order valence-corrected chi connectivity index (χ0v) is 23.2. The number of ether oxygens (including phenoxy) is 1. The smallest absolute Gasteiger partial charge is 0.355 e. The summed E-state index contributed by atoms with van der Waals surface area (Å²) >= 11 is 6.22. The highest BCUT2D eigenvalue weighted by Crippen LogP contribution is 2.35. The van der Waals surface area contributed by atoms with Crippen molar-refractivity contribution in [2.75, 3.05) is 6.61 Å². The second-order valence-corrected chi connectivity index (χ2v) is 10.7. The summed E-state index contributed by atoms with van der Waals surface area (Å²) in [5, 5.41) is 4.05. The fourth-order valence-corrected chi connectivity index (χ4v) is 4.73. The van der Waals surface area contributed by atoms with Crippen LogP contribution < -0.4 is 5.32 Å². The van der Waals surface area contributed by atoms with Crippen LogP contribution in [0.15, 0.2) is 72.8 Å². The molecule has 1 aromatic heterocycles. The number of aromatic amines is 1. The molecule has 1 atom stereocenters. The van der Waals surface area contributed by atoms with Crippen molar-refractivity contribution in [1.29, 1.82) is 0 Å². The minimum absolute atomic E-state index is 0.106. The Bertz CT molecular complexity index is 1470. The zero-order chi connectivity index (χ0) is 28.2. The van der Waals surface area contributed by atoms with Gasteiger partial charge in [-0.1, -0.05) is 72.3 Å². The van der Waals surface area contributed by atoms with E-state index in [0.29, 0.717) is 27.9 Å². The van der Waals surface area contributed by atoms with E-state index in [-0.39, 0.29) is 18.8 Å². The molecule has 0 saturated heterocycles. The zero-order valence-electron chi connectivity index (χ0n) is 22.5. The Morgan fingerprint density at radius 1 is 1.03 bits per heavy atom. The molecule has 2 amide bonds. The lowest BCUT2D eigenvalue weighted by atomic mass is 9.97. The molecular weight excluding hydrogens is 514 g/mol. The van der Waals surface area contributed by atoms with E-state index in [4.69, 9.17) is 16.3 Å². The number of rotatable bonds is 9. The molecule has 4 rings (SSSR count). The maximum Gasteiger partial charge on any atom is 0.355 e. The van der Waals surface area contributed by atoms with Crippen molar-refractivity contribution in [3.05, 3.63) is 94.6 Å². The average Bonchev–Trinajstić information content (AvgIpc) is 3.26. The molecule has 8 heteroatoms. The molecule has 2 N–H and O–H groups in total. The summed E-state index contributed by atoms with van der Waals surface area (Å²) in [4.78, 5) is 44.0. The highest BCUT2D eigenvalue weighted by atomic mass is 35.5. The lowest BCUT2D eigenvalue weighted by Gasteiger charge is -2.31. The number of carbonyl (C=O) groups is 3. The van der Waals surface area contributed by atoms with E-state index in [1.807, 2.05) is 75.4 Å². The Labute approximate surface area is 233 Å². The van der Waals surface area contributed by atoms with Crippen LogP contribution in [-0.2, 0) is 20.9 Å². The third kappa shape index (κ3) is 6.49. The van der Waals surface area contributed by atoms with Gasteiger partial charge >= 0.3 is 5.97 Å². The first-order chi connectivity index (χ1) is 18.6. The SMILES string of the molecule is CCOC(=O)c1[nH]c2cc(Cl)ccc2c1C(C(=O)NC(C)(C)C)N(C=O)Cc1ccc(-c2ccccc2)cc1. The standard InChI is InChI=1S/C31H32ClN3O4/c1-5-39-30(38)27-26(24-16-15-23(32)17-25(24)33-27)28(29(37)34-31(2,3)4)35(19-36)18-20-11-13-22(14-12-20)21-9-7-6-8-10-21/h6-17,19,28,33H,5,18H2,1-4H3,(H,34,37). The molecule has 202 valence electrons. The van der Waals surface area contributed by atoms with Crippen LogP contribution >= 0.6 is 11.6 Å². The Balaban J connectivity index is 1.80. The fraction of sp³-hybridized carbons (Fsp3) is 0.258. The molecule has 0 saturated carbocycles. The molecular formula is C31H32ClN3O4. The Kier molecular flexibility index (Phi) is 8.41. The second kappa shape index (κ2) is 11.7. The minimum atomic E-state index is -1.12. The number of nitrogens with one attached hydrogen (secondary N) is 2. The maximum atomic E-state index is 13.8. The predicted octanol–water partition coefficient (Wildman–Crippen LogP) is 6.28. The van der Waals surface area contributed by atoms with E-state index in [0.717, 1.165) is 16.7 Å². The van der Waals surface area contributed by atoms with Crippen LogP contribution in [0.3, 0.4) is 0 Å². The van der Waals surface area contributed by atoms with E-state index in [2.05, 4.69) is 10.3 Å². The van der Waals surface area contributed by atoms with Gasteiger partial charge in [-0.05, 0) is 56.5 Å². The van der Waals surface area contributed by atoms with Crippen molar-refractivity contribution in [3.63, 3.8) is 0 Å². The molecule has 0 spiro atoms. The molecule has 0 aliphatic rings. The number of fused-ring (bicyclic) bond motifs is 1. The predicted molar refractivity (Wildman–Crippen MR) is 153 cm³/mol. The lowest BCUT2D eigenvalue weighted by molar-refractivity contribution is -0.134.